The van der Waals surface area contributed by atoms with E-state index in [1.54, 1.807) is 44.2 Å². The molecule has 0 aliphatic rings. The molecule has 1 atom stereocenters. The molecule has 2 aromatic carbocycles. The Kier molecular flexibility index (Phi) is 8.64. The number of ether oxygens (including phenoxy) is 1. The monoisotopic (exact) mass is 454 g/mol. The summed E-state index contributed by atoms with van der Waals surface area (Å²) in [5, 5.41) is 2.70. The first kappa shape index (κ1) is 24.4. The molecule has 10 heteroatoms. The van der Waals surface area contributed by atoms with Gasteiger partial charge in [-0.25, -0.2) is 21.9 Å². The Morgan fingerprint density at radius 2 is 1.71 bits per heavy atom. The van der Waals surface area contributed by atoms with E-state index in [9.17, 15) is 26.8 Å². The number of sulfonamides is 1. The highest BCUT2D eigenvalue weighted by atomic mass is 32.2. The lowest BCUT2D eigenvalue weighted by atomic mass is 10.0. The van der Waals surface area contributed by atoms with Crippen molar-refractivity contribution in [2.75, 3.05) is 6.54 Å². The minimum absolute atomic E-state index is 0.0888. The molecule has 168 valence electrons. The number of carbonyl (C=O) groups excluding carboxylic acids is 2. The molecule has 0 heterocycles. The molecule has 0 fully saturated rings. The van der Waals surface area contributed by atoms with Crippen molar-refractivity contribution in [1.29, 1.82) is 0 Å². The third kappa shape index (κ3) is 7.72. The Bertz CT molecular complexity index is 1010. The number of halogens is 2. The standard InChI is InChI=1S/C21H24F2N2O5S/c1-14(2)30-21(27)13-19(15-6-4-3-5-7-15)25-20(26)10-11-24-31(28,29)16-8-9-17(22)18(23)12-16/h3-9,12,14,19,24H,10-11,13H2,1-2H3,(H,25,26). The first-order valence-electron chi connectivity index (χ1n) is 9.57. The van der Waals surface area contributed by atoms with Crippen molar-refractivity contribution in [2.24, 2.45) is 0 Å². The van der Waals surface area contributed by atoms with Crippen LogP contribution in [0.25, 0.3) is 0 Å². The predicted octanol–water partition coefficient (Wildman–Crippen LogP) is 2.83. The molecule has 0 bridgehead atoms. The summed E-state index contributed by atoms with van der Waals surface area (Å²) < 4.78 is 57.9. The fraction of sp³-hybridized carbons (Fsp3) is 0.333. The molecule has 2 N–H and O–H groups in total. The van der Waals surface area contributed by atoms with E-state index >= 15 is 0 Å². The number of rotatable bonds is 10. The van der Waals surface area contributed by atoms with Crippen LogP contribution in [-0.4, -0.2) is 32.9 Å². The molecule has 0 aromatic heterocycles. The summed E-state index contributed by atoms with van der Waals surface area (Å²) in [6.07, 6.45) is -0.620. The smallest absolute Gasteiger partial charge is 0.308 e. The lowest BCUT2D eigenvalue weighted by Crippen LogP contribution is -2.34. The fourth-order valence-corrected chi connectivity index (χ4v) is 3.75. The average molecular weight is 454 g/mol. The van der Waals surface area contributed by atoms with Gasteiger partial charge in [-0.1, -0.05) is 30.3 Å². The van der Waals surface area contributed by atoms with Gasteiger partial charge in [-0.15, -0.1) is 0 Å². The van der Waals surface area contributed by atoms with Crippen LogP contribution in [0.1, 0.15) is 38.3 Å². The quantitative estimate of drug-likeness (QED) is 0.538. The van der Waals surface area contributed by atoms with Crippen molar-refractivity contribution in [3.8, 4) is 0 Å². The van der Waals surface area contributed by atoms with E-state index in [-0.39, 0.29) is 25.5 Å². The van der Waals surface area contributed by atoms with Crippen LogP contribution in [-0.2, 0) is 24.3 Å². The van der Waals surface area contributed by atoms with Crippen LogP contribution in [0.15, 0.2) is 53.4 Å². The Labute approximate surface area is 179 Å². The molecule has 1 unspecified atom stereocenters. The number of amides is 1. The van der Waals surface area contributed by atoms with E-state index in [1.807, 2.05) is 0 Å². The minimum Gasteiger partial charge on any atom is -0.463 e. The molecule has 0 aliphatic carbocycles. The molecular formula is C21H24F2N2O5S. The van der Waals surface area contributed by atoms with Gasteiger partial charge in [-0.3, -0.25) is 9.59 Å². The summed E-state index contributed by atoms with van der Waals surface area (Å²) in [5.41, 5.74) is 0.693. The summed E-state index contributed by atoms with van der Waals surface area (Å²) in [6.45, 7) is 3.16. The van der Waals surface area contributed by atoms with Gasteiger partial charge >= 0.3 is 5.97 Å². The van der Waals surface area contributed by atoms with Crippen molar-refractivity contribution in [1.82, 2.24) is 10.0 Å². The number of nitrogens with one attached hydrogen (secondary N) is 2. The topological polar surface area (TPSA) is 102 Å². The van der Waals surface area contributed by atoms with Gasteiger partial charge in [0.15, 0.2) is 11.6 Å². The van der Waals surface area contributed by atoms with Gasteiger partial charge in [-0.05, 0) is 37.6 Å². The zero-order chi connectivity index (χ0) is 23.0. The van der Waals surface area contributed by atoms with E-state index < -0.39 is 44.5 Å². The Morgan fingerprint density at radius 3 is 2.32 bits per heavy atom. The second-order valence-electron chi connectivity index (χ2n) is 7.00. The molecule has 1 amide bonds. The third-order valence-corrected chi connectivity index (χ3v) is 5.58. The summed E-state index contributed by atoms with van der Waals surface area (Å²) in [4.78, 5) is 23.9. The Hall–Kier alpha value is -2.85. The van der Waals surface area contributed by atoms with Crippen LogP contribution in [0.2, 0.25) is 0 Å². The highest BCUT2D eigenvalue weighted by molar-refractivity contribution is 7.89. The summed E-state index contributed by atoms with van der Waals surface area (Å²) >= 11 is 0. The molecule has 0 saturated carbocycles. The normalized spacial score (nSPS) is 12.4. The Balaban J connectivity index is 1.97. The highest BCUT2D eigenvalue weighted by Gasteiger charge is 2.21. The van der Waals surface area contributed by atoms with Crippen molar-refractivity contribution < 1.29 is 31.5 Å². The second-order valence-corrected chi connectivity index (χ2v) is 8.76. The lowest BCUT2D eigenvalue weighted by Gasteiger charge is -2.19. The SMILES string of the molecule is CC(C)OC(=O)CC(NC(=O)CCNS(=O)(=O)c1ccc(F)c(F)c1)c1ccccc1. The largest absolute Gasteiger partial charge is 0.463 e. The van der Waals surface area contributed by atoms with Crippen molar-refractivity contribution in [3.63, 3.8) is 0 Å². The van der Waals surface area contributed by atoms with Gasteiger partial charge in [0.25, 0.3) is 0 Å². The van der Waals surface area contributed by atoms with E-state index in [2.05, 4.69) is 10.0 Å². The minimum atomic E-state index is -4.12. The number of esters is 1. The van der Waals surface area contributed by atoms with Crippen LogP contribution in [0, 0.1) is 11.6 Å². The lowest BCUT2D eigenvalue weighted by molar-refractivity contribution is -0.148. The van der Waals surface area contributed by atoms with E-state index in [0.717, 1.165) is 6.07 Å². The van der Waals surface area contributed by atoms with Gasteiger partial charge in [0.05, 0.1) is 23.5 Å². The zero-order valence-corrected chi connectivity index (χ0v) is 17.9. The molecule has 0 radical (unpaired) electrons. The average Bonchev–Trinajstić information content (AvgIpc) is 2.69. The van der Waals surface area contributed by atoms with Crippen molar-refractivity contribution in [2.45, 2.75) is 43.7 Å². The van der Waals surface area contributed by atoms with Crippen LogP contribution in [0.3, 0.4) is 0 Å². The molecule has 0 spiro atoms. The van der Waals surface area contributed by atoms with Crippen molar-refractivity contribution >= 4 is 21.9 Å². The predicted molar refractivity (Wildman–Crippen MR) is 109 cm³/mol. The molecule has 0 saturated heterocycles. The van der Waals surface area contributed by atoms with Crippen LogP contribution < -0.4 is 10.0 Å². The van der Waals surface area contributed by atoms with Crippen LogP contribution >= 0.6 is 0 Å². The molecule has 7 nitrogen and oxygen atoms in total. The summed E-state index contributed by atoms with van der Waals surface area (Å²) in [7, 11) is -4.12. The second kappa shape index (κ2) is 11.0. The molecule has 0 aliphatic heterocycles. The number of benzene rings is 2. The van der Waals surface area contributed by atoms with Gasteiger partial charge in [0.1, 0.15) is 0 Å². The van der Waals surface area contributed by atoms with E-state index in [0.29, 0.717) is 17.7 Å². The molecule has 31 heavy (non-hydrogen) atoms. The first-order chi connectivity index (χ1) is 14.6. The van der Waals surface area contributed by atoms with Gasteiger partial charge in [0.2, 0.25) is 15.9 Å². The van der Waals surface area contributed by atoms with Crippen LogP contribution in [0.4, 0.5) is 8.78 Å². The number of carbonyl (C=O) groups is 2. The summed E-state index contributed by atoms with van der Waals surface area (Å²) in [5.74, 6) is -3.44. The molecule has 2 aromatic rings. The molecule has 2 rings (SSSR count). The van der Waals surface area contributed by atoms with E-state index in [1.165, 1.54) is 0 Å². The Morgan fingerprint density at radius 1 is 1.03 bits per heavy atom. The molecular weight excluding hydrogens is 430 g/mol. The third-order valence-electron chi connectivity index (χ3n) is 4.12. The van der Waals surface area contributed by atoms with E-state index in [4.69, 9.17) is 4.74 Å². The maximum absolute atomic E-state index is 13.3. The van der Waals surface area contributed by atoms with Gasteiger partial charge < -0.3 is 10.1 Å². The maximum Gasteiger partial charge on any atom is 0.308 e. The zero-order valence-electron chi connectivity index (χ0n) is 17.1. The van der Waals surface area contributed by atoms with Crippen molar-refractivity contribution in [3.05, 3.63) is 65.7 Å². The summed E-state index contributed by atoms with van der Waals surface area (Å²) in [6, 6.07) is 10.4. The fourth-order valence-electron chi connectivity index (χ4n) is 2.71. The number of hydrogen-bond donors (Lipinski definition) is 2. The van der Waals surface area contributed by atoms with Gasteiger partial charge in [0, 0.05) is 13.0 Å². The highest BCUT2D eigenvalue weighted by Crippen LogP contribution is 2.18. The number of hydrogen-bond acceptors (Lipinski definition) is 5. The van der Waals surface area contributed by atoms with Gasteiger partial charge in [-0.2, -0.15) is 0 Å². The van der Waals surface area contributed by atoms with Crippen LogP contribution in [0.5, 0.6) is 0 Å². The first-order valence-corrected chi connectivity index (χ1v) is 11.1. The maximum atomic E-state index is 13.3.